The lowest BCUT2D eigenvalue weighted by Gasteiger charge is -1.98. The SMILES string of the molecule is Cc1ccc(CNc2nc3cc(F)ccc3s2)s1. The fourth-order valence-corrected chi connectivity index (χ4v) is 3.39. The molecule has 0 saturated heterocycles. The minimum absolute atomic E-state index is 0.242. The van der Waals surface area contributed by atoms with Gasteiger partial charge in [-0.15, -0.1) is 11.3 Å². The quantitative estimate of drug-likeness (QED) is 0.767. The third kappa shape index (κ3) is 2.37. The molecule has 0 bridgehead atoms. The van der Waals surface area contributed by atoms with E-state index in [-0.39, 0.29) is 5.82 Å². The number of aromatic nitrogens is 1. The highest BCUT2D eigenvalue weighted by Gasteiger charge is 2.05. The maximum absolute atomic E-state index is 13.0. The molecule has 0 spiro atoms. The van der Waals surface area contributed by atoms with Crippen LogP contribution in [-0.2, 0) is 6.54 Å². The van der Waals surface area contributed by atoms with E-state index in [1.807, 2.05) is 0 Å². The summed E-state index contributed by atoms with van der Waals surface area (Å²) in [5, 5.41) is 4.11. The highest BCUT2D eigenvalue weighted by molar-refractivity contribution is 7.22. The van der Waals surface area contributed by atoms with Crippen LogP contribution in [0.2, 0.25) is 0 Å². The number of nitrogens with one attached hydrogen (secondary N) is 1. The van der Waals surface area contributed by atoms with Crippen molar-refractivity contribution >= 4 is 38.0 Å². The van der Waals surface area contributed by atoms with E-state index < -0.39 is 0 Å². The summed E-state index contributed by atoms with van der Waals surface area (Å²) < 4.78 is 14.0. The first-order chi connectivity index (χ1) is 8.70. The topological polar surface area (TPSA) is 24.9 Å². The number of anilines is 1. The van der Waals surface area contributed by atoms with Gasteiger partial charge in [-0.1, -0.05) is 11.3 Å². The summed E-state index contributed by atoms with van der Waals surface area (Å²) in [5.41, 5.74) is 0.713. The van der Waals surface area contributed by atoms with E-state index in [1.54, 1.807) is 28.7 Å². The molecule has 1 aromatic carbocycles. The fraction of sp³-hybridized carbons (Fsp3) is 0.154. The van der Waals surface area contributed by atoms with E-state index in [2.05, 4.69) is 29.4 Å². The first-order valence-corrected chi connectivity index (χ1v) is 7.19. The van der Waals surface area contributed by atoms with Gasteiger partial charge < -0.3 is 5.32 Å². The summed E-state index contributed by atoms with van der Waals surface area (Å²) in [4.78, 5) is 6.95. The van der Waals surface area contributed by atoms with Crippen LogP contribution in [0.3, 0.4) is 0 Å². The molecule has 1 N–H and O–H groups in total. The van der Waals surface area contributed by atoms with Gasteiger partial charge in [0.15, 0.2) is 5.13 Å². The molecule has 2 heterocycles. The van der Waals surface area contributed by atoms with Crippen LogP contribution in [0.5, 0.6) is 0 Å². The lowest BCUT2D eigenvalue weighted by Crippen LogP contribution is -1.95. The molecular weight excluding hydrogens is 267 g/mol. The summed E-state index contributed by atoms with van der Waals surface area (Å²) in [6.07, 6.45) is 0. The summed E-state index contributed by atoms with van der Waals surface area (Å²) in [6.45, 7) is 2.86. The van der Waals surface area contributed by atoms with Crippen LogP contribution in [-0.4, -0.2) is 4.98 Å². The number of benzene rings is 1. The molecule has 0 saturated carbocycles. The first kappa shape index (κ1) is 11.6. The van der Waals surface area contributed by atoms with Crippen molar-refractivity contribution in [3.05, 3.63) is 45.9 Å². The van der Waals surface area contributed by atoms with E-state index in [0.717, 1.165) is 16.4 Å². The fourth-order valence-electron chi connectivity index (χ4n) is 1.72. The number of thiophene rings is 1. The van der Waals surface area contributed by atoms with Gasteiger partial charge >= 0.3 is 0 Å². The van der Waals surface area contributed by atoms with Crippen LogP contribution in [0.15, 0.2) is 30.3 Å². The predicted molar refractivity (Wildman–Crippen MR) is 76.0 cm³/mol. The van der Waals surface area contributed by atoms with Crippen molar-refractivity contribution in [2.24, 2.45) is 0 Å². The minimum atomic E-state index is -0.242. The Balaban J connectivity index is 1.78. The smallest absolute Gasteiger partial charge is 0.184 e. The Kier molecular flexibility index (Phi) is 3.01. The zero-order valence-corrected chi connectivity index (χ0v) is 11.4. The second kappa shape index (κ2) is 4.66. The van der Waals surface area contributed by atoms with Crippen molar-refractivity contribution in [1.82, 2.24) is 4.98 Å². The van der Waals surface area contributed by atoms with Crippen molar-refractivity contribution < 1.29 is 4.39 Å². The summed E-state index contributed by atoms with van der Waals surface area (Å²) in [6, 6.07) is 8.91. The Bertz CT molecular complexity index is 687. The second-order valence-corrected chi connectivity index (χ2v) is 6.40. The standard InChI is InChI=1S/C13H11FN2S2/c1-8-2-4-10(17-8)7-15-13-16-11-6-9(14)3-5-12(11)18-13/h2-6H,7H2,1H3,(H,15,16). The molecule has 0 radical (unpaired) electrons. The first-order valence-electron chi connectivity index (χ1n) is 5.56. The molecule has 2 aromatic heterocycles. The van der Waals surface area contributed by atoms with Gasteiger partial charge in [-0.25, -0.2) is 9.37 Å². The monoisotopic (exact) mass is 278 g/mol. The Hall–Kier alpha value is -1.46. The largest absolute Gasteiger partial charge is 0.357 e. The molecule has 0 aliphatic heterocycles. The van der Waals surface area contributed by atoms with Crippen LogP contribution in [0.25, 0.3) is 10.2 Å². The molecule has 5 heteroatoms. The maximum Gasteiger partial charge on any atom is 0.184 e. The van der Waals surface area contributed by atoms with Crippen LogP contribution >= 0.6 is 22.7 Å². The number of hydrogen-bond donors (Lipinski definition) is 1. The summed E-state index contributed by atoms with van der Waals surface area (Å²) in [7, 11) is 0. The van der Waals surface area contributed by atoms with Crippen LogP contribution in [0.1, 0.15) is 9.75 Å². The van der Waals surface area contributed by atoms with Gasteiger partial charge in [-0.05, 0) is 31.2 Å². The van der Waals surface area contributed by atoms with Gasteiger partial charge in [0.05, 0.1) is 16.8 Å². The number of thiazole rings is 1. The number of rotatable bonds is 3. The van der Waals surface area contributed by atoms with Crippen LogP contribution in [0.4, 0.5) is 9.52 Å². The summed E-state index contributed by atoms with van der Waals surface area (Å²) in [5.74, 6) is -0.242. The van der Waals surface area contributed by atoms with Gasteiger partial charge in [0.2, 0.25) is 0 Å². The number of aryl methyl sites for hydroxylation is 1. The molecule has 0 amide bonds. The van der Waals surface area contributed by atoms with Crippen molar-refractivity contribution in [2.45, 2.75) is 13.5 Å². The molecule has 0 unspecified atom stereocenters. The van der Waals surface area contributed by atoms with Gasteiger partial charge in [-0.3, -0.25) is 0 Å². The normalized spacial score (nSPS) is 11.0. The predicted octanol–water partition coefficient (Wildman–Crippen LogP) is 4.42. The molecule has 92 valence electrons. The maximum atomic E-state index is 13.0. The van der Waals surface area contributed by atoms with Crippen molar-refractivity contribution in [1.29, 1.82) is 0 Å². The minimum Gasteiger partial charge on any atom is -0.357 e. The highest BCUT2D eigenvalue weighted by atomic mass is 32.1. The van der Waals surface area contributed by atoms with Crippen molar-refractivity contribution in [3.8, 4) is 0 Å². The van der Waals surface area contributed by atoms with E-state index in [9.17, 15) is 4.39 Å². The van der Waals surface area contributed by atoms with Gasteiger partial charge in [-0.2, -0.15) is 0 Å². The zero-order valence-electron chi connectivity index (χ0n) is 9.74. The number of halogens is 1. The molecule has 3 aromatic rings. The number of nitrogens with zero attached hydrogens (tertiary/aromatic N) is 1. The van der Waals surface area contributed by atoms with Crippen molar-refractivity contribution in [2.75, 3.05) is 5.32 Å². The molecule has 0 aliphatic carbocycles. The van der Waals surface area contributed by atoms with E-state index >= 15 is 0 Å². The van der Waals surface area contributed by atoms with Gasteiger partial charge in [0.1, 0.15) is 5.82 Å². The molecule has 0 atom stereocenters. The third-order valence-electron chi connectivity index (χ3n) is 2.56. The van der Waals surface area contributed by atoms with E-state index in [0.29, 0.717) is 5.52 Å². The molecular formula is C13H11FN2S2. The Morgan fingerprint density at radius 2 is 2.11 bits per heavy atom. The summed E-state index contributed by atoms with van der Waals surface area (Å²) >= 11 is 3.32. The highest BCUT2D eigenvalue weighted by Crippen LogP contribution is 2.27. The lowest BCUT2D eigenvalue weighted by molar-refractivity contribution is 0.629. The van der Waals surface area contributed by atoms with Crippen LogP contribution < -0.4 is 5.32 Å². The number of fused-ring (bicyclic) bond motifs is 1. The third-order valence-corrected chi connectivity index (χ3v) is 4.55. The second-order valence-electron chi connectivity index (χ2n) is 4.00. The van der Waals surface area contributed by atoms with Gasteiger partial charge in [0, 0.05) is 15.8 Å². The van der Waals surface area contributed by atoms with Crippen LogP contribution in [0, 0.1) is 12.7 Å². The van der Waals surface area contributed by atoms with E-state index in [1.165, 1.54) is 21.9 Å². The molecule has 2 nitrogen and oxygen atoms in total. The molecule has 3 rings (SSSR count). The zero-order chi connectivity index (χ0) is 12.5. The average Bonchev–Trinajstić information content (AvgIpc) is 2.92. The molecule has 18 heavy (non-hydrogen) atoms. The van der Waals surface area contributed by atoms with Crippen molar-refractivity contribution in [3.63, 3.8) is 0 Å². The Labute approximate surface area is 112 Å². The molecule has 0 fully saturated rings. The Morgan fingerprint density at radius 3 is 2.89 bits per heavy atom. The van der Waals surface area contributed by atoms with E-state index in [4.69, 9.17) is 0 Å². The number of hydrogen-bond acceptors (Lipinski definition) is 4. The average molecular weight is 278 g/mol. The lowest BCUT2D eigenvalue weighted by atomic mass is 10.3. The molecule has 0 aliphatic rings. The Morgan fingerprint density at radius 1 is 1.22 bits per heavy atom. The van der Waals surface area contributed by atoms with Gasteiger partial charge in [0.25, 0.3) is 0 Å².